The minimum atomic E-state index is -3.27. The summed E-state index contributed by atoms with van der Waals surface area (Å²) < 4.78 is 25.7. The molecule has 0 spiro atoms. The lowest BCUT2D eigenvalue weighted by Crippen LogP contribution is -2.53. The van der Waals surface area contributed by atoms with Crippen LogP contribution in [0.1, 0.15) is 44.5 Å². The summed E-state index contributed by atoms with van der Waals surface area (Å²) in [4.78, 5) is 8.21. The molecule has 1 aromatic heterocycles. The summed E-state index contributed by atoms with van der Waals surface area (Å²) in [6, 6.07) is 4.62. The molecule has 1 aliphatic heterocycles. The van der Waals surface area contributed by atoms with Crippen LogP contribution in [-0.2, 0) is 10.0 Å². The molecule has 0 aliphatic carbocycles. The number of hydrogen-bond donors (Lipinski definition) is 3. The van der Waals surface area contributed by atoms with Crippen LogP contribution in [0.4, 0.5) is 0 Å². The molecule has 0 bridgehead atoms. The van der Waals surface area contributed by atoms with E-state index in [0.29, 0.717) is 18.5 Å². The molecular formula is C19H35N5O2S2. The molecule has 1 atom stereocenters. The summed E-state index contributed by atoms with van der Waals surface area (Å²) in [6.07, 6.45) is 3.65. The van der Waals surface area contributed by atoms with Gasteiger partial charge in [-0.2, -0.15) is 0 Å². The maximum atomic E-state index is 11.5. The normalized spacial score (nSPS) is 18.8. The van der Waals surface area contributed by atoms with Gasteiger partial charge in [0.05, 0.1) is 12.3 Å². The van der Waals surface area contributed by atoms with E-state index in [1.165, 1.54) is 24.0 Å². The third-order valence-electron chi connectivity index (χ3n) is 4.98. The first-order valence-corrected chi connectivity index (χ1v) is 12.6. The van der Waals surface area contributed by atoms with Gasteiger partial charge in [0.25, 0.3) is 0 Å². The van der Waals surface area contributed by atoms with Crippen molar-refractivity contribution in [2.45, 2.75) is 45.2 Å². The number of thiophene rings is 1. The van der Waals surface area contributed by atoms with Crippen LogP contribution in [0.25, 0.3) is 0 Å². The monoisotopic (exact) mass is 429 g/mol. The van der Waals surface area contributed by atoms with Gasteiger partial charge in [-0.3, -0.25) is 9.89 Å². The molecule has 28 heavy (non-hydrogen) atoms. The Kier molecular flexibility index (Phi) is 8.30. The highest BCUT2D eigenvalue weighted by atomic mass is 32.2. The second kappa shape index (κ2) is 10.0. The van der Waals surface area contributed by atoms with Crippen LogP contribution in [0, 0.1) is 5.92 Å². The maximum Gasteiger partial charge on any atom is 0.209 e. The van der Waals surface area contributed by atoms with E-state index in [1.54, 1.807) is 18.4 Å². The average molecular weight is 430 g/mol. The second-order valence-electron chi connectivity index (χ2n) is 8.31. The van der Waals surface area contributed by atoms with Gasteiger partial charge in [0.15, 0.2) is 5.96 Å². The van der Waals surface area contributed by atoms with Crippen molar-refractivity contribution in [3.8, 4) is 0 Å². The zero-order chi connectivity index (χ0) is 20.8. The van der Waals surface area contributed by atoms with E-state index >= 15 is 0 Å². The lowest BCUT2D eigenvalue weighted by molar-refractivity contribution is 0.140. The number of likely N-dealkylation sites (tertiary alicyclic amines) is 1. The molecule has 7 nitrogen and oxygen atoms in total. The van der Waals surface area contributed by atoms with Gasteiger partial charge in [0, 0.05) is 30.6 Å². The number of nitrogens with zero attached hydrogens (tertiary/aromatic N) is 2. The number of aliphatic imine (C=N–C) groups is 1. The van der Waals surface area contributed by atoms with Gasteiger partial charge in [-0.15, -0.1) is 11.3 Å². The van der Waals surface area contributed by atoms with Gasteiger partial charge in [-0.1, -0.05) is 13.0 Å². The summed E-state index contributed by atoms with van der Waals surface area (Å²) in [5.74, 6) is 1.47. The number of sulfonamides is 1. The molecule has 0 amide bonds. The Morgan fingerprint density at radius 2 is 2.04 bits per heavy atom. The molecule has 0 radical (unpaired) electrons. The minimum absolute atomic E-state index is 0.313. The smallest absolute Gasteiger partial charge is 0.209 e. The van der Waals surface area contributed by atoms with Gasteiger partial charge in [-0.05, 0) is 57.1 Å². The molecule has 3 N–H and O–H groups in total. The fraction of sp³-hybridized carbons (Fsp3) is 0.737. The van der Waals surface area contributed by atoms with Gasteiger partial charge < -0.3 is 10.6 Å². The van der Waals surface area contributed by atoms with Crippen molar-refractivity contribution >= 4 is 27.3 Å². The summed E-state index contributed by atoms with van der Waals surface area (Å²) in [5.41, 5.74) is -0.610. The molecule has 1 saturated heterocycles. The molecule has 2 rings (SSSR count). The number of guanidine groups is 1. The lowest BCUT2D eigenvalue weighted by Gasteiger charge is -2.36. The van der Waals surface area contributed by atoms with E-state index in [2.05, 4.69) is 49.7 Å². The third-order valence-corrected chi connectivity index (χ3v) is 6.87. The molecule has 9 heteroatoms. The Hall–Kier alpha value is -1.16. The van der Waals surface area contributed by atoms with E-state index in [4.69, 9.17) is 0 Å². The molecular weight excluding hydrogens is 394 g/mol. The van der Waals surface area contributed by atoms with Crippen LogP contribution in [0.15, 0.2) is 22.5 Å². The fourth-order valence-electron chi connectivity index (χ4n) is 3.49. The molecule has 1 aliphatic rings. The number of rotatable bonds is 8. The largest absolute Gasteiger partial charge is 0.355 e. The van der Waals surface area contributed by atoms with E-state index in [1.807, 2.05) is 13.8 Å². The van der Waals surface area contributed by atoms with E-state index in [9.17, 15) is 8.42 Å². The second-order valence-corrected chi connectivity index (χ2v) is 11.0. The molecule has 2 heterocycles. The fourth-order valence-corrected chi connectivity index (χ4v) is 5.42. The first-order valence-electron chi connectivity index (χ1n) is 9.80. The minimum Gasteiger partial charge on any atom is -0.355 e. The summed E-state index contributed by atoms with van der Waals surface area (Å²) >= 11 is 1.79. The summed E-state index contributed by atoms with van der Waals surface area (Å²) in [6.45, 7) is 9.44. The lowest BCUT2D eigenvalue weighted by atomic mass is 9.97. The van der Waals surface area contributed by atoms with Gasteiger partial charge in [-0.25, -0.2) is 13.1 Å². The Bertz CT molecular complexity index is 724. The topological polar surface area (TPSA) is 85.8 Å². The Balaban J connectivity index is 1.95. The van der Waals surface area contributed by atoms with Crippen LogP contribution in [0.2, 0.25) is 0 Å². The maximum absolute atomic E-state index is 11.5. The number of nitrogens with one attached hydrogen (secondary N) is 3. The highest BCUT2D eigenvalue weighted by Gasteiger charge is 2.26. The van der Waals surface area contributed by atoms with Crippen molar-refractivity contribution < 1.29 is 8.42 Å². The van der Waals surface area contributed by atoms with Crippen molar-refractivity contribution in [1.82, 2.24) is 20.3 Å². The molecule has 1 aromatic rings. The standard InChI is InChI=1S/C19H35N5O2S2/c1-15-8-10-24(11-9-15)16(17-7-6-12-27-17)13-21-18(20-4)22-14-19(2,3)23-28(5,25)26/h6-7,12,15-16,23H,8-11,13-14H2,1-5H3,(H2,20,21,22). The van der Waals surface area contributed by atoms with E-state index in [-0.39, 0.29) is 0 Å². The Morgan fingerprint density at radius 1 is 1.36 bits per heavy atom. The van der Waals surface area contributed by atoms with Crippen molar-refractivity contribution in [3.63, 3.8) is 0 Å². The Labute approximate surface area is 174 Å². The van der Waals surface area contributed by atoms with Crippen molar-refractivity contribution in [2.75, 3.05) is 39.5 Å². The predicted octanol–water partition coefficient (Wildman–Crippen LogP) is 2.01. The Morgan fingerprint density at radius 3 is 2.57 bits per heavy atom. The summed E-state index contributed by atoms with van der Waals surface area (Å²) in [5, 5.41) is 8.79. The van der Waals surface area contributed by atoms with Crippen LogP contribution < -0.4 is 15.4 Å². The molecule has 1 fully saturated rings. The first kappa shape index (κ1) is 23.1. The number of piperidine rings is 1. The molecule has 1 unspecified atom stereocenters. The van der Waals surface area contributed by atoms with Crippen molar-refractivity contribution in [2.24, 2.45) is 10.9 Å². The van der Waals surface area contributed by atoms with Crippen molar-refractivity contribution in [1.29, 1.82) is 0 Å². The third kappa shape index (κ3) is 7.69. The van der Waals surface area contributed by atoms with Gasteiger partial charge in [0.2, 0.25) is 10.0 Å². The SMILES string of the molecule is CN=C(NCC(c1cccs1)N1CCC(C)CC1)NCC(C)(C)NS(C)(=O)=O. The highest BCUT2D eigenvalue weighted by molar-refractivity contribution is 7.88. The predicted molar refractivity (Wildman–Crippen MR) is 118 cm³/mol. The molecule has 0 saturated carbocycles. The van der Waals surface area contributed by atoms with Gasteiger partial charge >= 0.3 is 0 Å². The highest BCUT2D eigenvalue weighted by Crippen LogP contribution is 2.29. The van der Waals surface area contributed by atoms with E-state index < -0.39 is 15.6 Å². The quantitative estimate of drug-likeness (QED) is 0.435. The summed E-state index contributed by atoms with van der Waals surface area (Å²) in [7, 11) is -1.54. The van der Waals surface area contributed by atoms with Crippen LogP contribution in [0.5, 0.6) is 0 Å². The van der Waals surface area contributed by atoms with Crippen LogP contribution in [-0.4, -0.2) is 64.3 Å². The molecule has 0 aromatic carbocycles. The van der Waals surface area contributed by atoms with Gasteiger partial charge in [0.1, 0.15) is 0 Å². The average Bonchev–Trinajstić information content (AvgIpc) is 3.11. The van der Waals surface area contributed by atoms with Crippen LogP contribution >= 0.6 is 11.3 Å². The van der Waals surface area contributed by atoms with E-state index in [0.717, 1.165) is 25.6 Å². The zero-order valence-electron chi connectivity index (χ0n) is 17.7. The first-order chi connectivity index (χ1) is 13.1. The molecule has 160 valence electrons. The zero-order valence-corrected chi connectivity index (χ0v) is 19.3. The van der Waals surface area contributed by atoms with Crippen molar-refractivity contribution in [3.05, 3.63) is 22.4 Å². The van der Waals surface area contributed by atoms with Crippen LogP contribution in [0.3, 0.4) is 0 Å². The number of hydrogen-bond acceptors (Lipinski definition) is 5.